The maximum atomic E-state index is 14.6. The Hall–Kier alpha value is -5.25. The maximum absolute atomic E-state index is 14.6. The number of hydrogen-bond acceptors (Lipinski definition) is 8. The molecule has 1 atom stereocenters. The second-order valence-electron chi connectivity index (χ2n) is 18.4. The molecule has 2 amide bonds. The van der Waals surface area contributed by atoms with Crippen LogP contribution in [0.1, 0.15) is 166 Å². The van der Waals surface area contributed by atoms with Crippen molar-refractivity contribution in [2.75, 3.05) is 27.3 Å². The van der Waals surface area contributed by atoms with E-state index in [0.717, 1.165) is 95.9 Å². The average molecular weight is 889 g/mol. The number of carbonyl (C=O) groups is 4. The average Bonchev–Trinajstić information content (AvgIpc) is 3.71. The van der Waals surface area contributed by atoms with E-state index in [4.69, 9.17) is 14.6 Å². The fourth-order valence-corrected chi connectivity index (χ4v) is 10.3. The van der Waals surface area contributed by atoms with Crippen molar-refractivity contribution in [1.82, 2.24) is 15.6 Å². The van der Waals surface area contributed by atoms with Crippen LogP contribution in [0.2, 0.25) is 0 Å². The molecule has 0 aromatic heterocycles. The van der Waals surface area contributed by atoms with Gasteiger partial charge in [0.25, 0.3) is 0 Å². The van der Waals surface area contributed by atoms with Crippen LogP contribution in [0.4, 0.5) is 0 Å². The quantitative estimate of drug-likeness (QED) is 0.0495. The molecule has 3 aliphatic rings. The van der Waals surface area contributed by atoms with Gasteiger partial charge in [0.05, 0.1) is 43.8 Å². The molecule has 1 unspecified atom stereocenters. The first kappa shape index (κ1) is 50.7. The lowest BCUT2D eigenvalue weighted by Crippen LogP contribution is -2.57. The smallest absolute Gasteiger partial charge is 0.356 e. The topological polar surface area (TPSA) is 126 Å². The second kappa shape index (κ2) is 24.3. The number of allylic oxidation sites excluding steroid dienone is 3. The lowest BCUT2D eigenvalue weighted by molar-refractivity contribution is -0.140. The van der Waals surface area contributed by atoms with Gasteiger partial charge in [-0.25, -0.2) is 14.6 Å². The lowest BCUT2D eigenvalue weighted by Gasteiger charge is -2.50. The van der Waals surface area contributed by atoms with Crippen LogP contribution in [0.15, 0.2) is 89.2 Å². The Kier molecular flexibility index (Phi) is 19.0. The number of fused-ring (bicyclic) bond motifs is 7. The molecule has 2 N–H and O–H groups in total. The molecule has 0 fully saturated rings. The highest BCUT2D eigenvalue weighted by atomic mass is 16.5. The first-order valence-electron chi connectivity index (χ1n) is 24.4. The third-order valence-electron chi connectivity index (χ3n) is 14.1. The first-order valence-corrected chi connectivity index (χ1v) is 24.4. The highest BCUT2D eigenvalue weighted by Crippen LogP contribution is 2.67. The molecule has 0 radical (unpaired) electrons. The largest absolute Gasteiger partial charge is 0.466 e. The number of ether oxygens (including phenoxy) is 2. The Morgan fingerprint density at radius 2 is 1.05 bits per heavy atom. The zero-order chi connectivity index (χ0) is 47.0. The molecule has 1 spiro atoms. The maximum Gasteiger partial charge on any atom is 0.356 e. The molecule has 10 heteroatoms. The summed E-state index contributed by atoms with van der Waals surface area (Å²) in [5, 5.41) is 13.0. The molecule has 5 rings (SSSR count). The predicted molar refractivity (Wildman–Crippen MR) is 262 cm³/mol. The highest BCUT2D eigenvalue weighted by molar-refractivity contribution is 6.09. The third-order valence-corrected chi connectivity index (χ3v) is 14.1. The summed E-state index contributed by atoms with van der Waals surface area (Å²) in [6, 6.07) is 12.0. The van der Waals surface area contributed by atoms with Crippen LogP contribution in [0, 0.1) is 0 Å². The first-order chi connectivity index (χ1) is 31.4. The SMILES string of the molecule is C=CCCCCCCCCCCNC(=O)Cc1ccc2c(c1)C1(C(C(=O)OC)=C(C(=O)OC)N3N=C(C)C(C)=C(C)C31C)c1cc(CC(=O)NCCCCCCCCCCC=C)ccc1-2. The van der Waals surface area contributed by atoms with Crippen molar-refractivity contribution in [2.45, 2.75) is 167 Å². The van der Waals surface area contributed by atoms with Crippen molar-refractivity contribution in [3.8, 4) is 11.1 Å². The minimum Gasteiger partial charge on any atom is -0.466 e. The number of hydrazone groups is 1. The molecule has 10 nitrogen and oxygen atoms in total. The number of nitrogens with one attached hydrogen (secondary N) is 2. The van der Waals surface area contributed by atoms with Crippen LogP contribution in [-0.4, -0.2) is 67.3 Å². The molecular weight excluding hydrogens is 813 g/mol. The van der Waals surface area contributed by atoms with Crippen LogP contribution < -0.4 is 10.6 Å². The van der Waals surface area contributed by atoms with E-state index >= 15 is 0 Å². The van der Waals surface area contributed by atoms with Crippen LogP contribution in [0.5, 0.6) is 0 Å². The van der Waals surface area contributed by atoms with Crippen molar-refractivity contribution in [3.05, 3.63) is 106 Å². The standard InChI is InChI=1S/C55H76N4O6/c1-9-11-13-15-17-19-21-23-25-27-33-56-48(60)37-42-29-31-44-45-32-30-43(38-49(61)57-34-28-26-24-22-20-18-16-14-12-10-2)36-47(45)55(46(44)35-42)50(52(62)64-7)51(53(63)65-8)59-54(55,6)40(4)39(3)41(5)58-59/h9-10,29-32,35-36H,1-2,11-28,33-34,37-38H2,3-8H3,(H,56,60)(H,57,61). The van der Waals surface area contributed by atoms with Gasteiger partial charge >= 0.3 is 11.9 Å². The monoisotopic (exact) mass is 889 g/mol. The Bertz CT molecular complexity index is 2050. The Morgan fingerprint density at radius 3 is 1.46 bits per heavy atom. The molecule has 0 saturated carbocycles. The van der Waals surface area contributed by atoms with Crippen molar-refractivity contribution in [2.24, 2.45) is 5.10 Å². The zero-order valence-electron chi connectivity index (χ0n) is 40.4. The summed E-state index contributed by atoms with van der Waals surface area (Å²) in [6.45, 7) is 16.8. The Morgan fingerprint density at radius 1 is 0.631 bits per heavy atom. The minimum atomic E-state index is -1.36. The zero-order valence-corrected chi connectivity index (χ0v) is 40.4. The van der Waals surface area contributed by atoms with Crippen LogP contribution in [0.3, 0.4) is 0 Å². The number of amides is 2. The molecule has 352 valence electrons. The van der Waals surface area contributed by atoms with Gasteiger partial charge in [-0.15, -0.1) is 13.2 Å². The van der Waals surface area contributed by atoms with Crippen LogP contribution in [-0.2, 0) is 46.9 Å². The number of methoxy groups -OCH3 is 2. The van der Waals surface area contributed by atoms with E-state index in [9.17, 15) is 19.2 Å². The fourth-order valence-electron chi connectivity index (χ4n) is 10.3. The molecule has 2 aromatic carbocycles. The summed E-state index contributed by atoms with van der Waals surface area (Å²) in [4.78, 5) is 55.7. The Labute approximate surface area is 389 Å². The normalized spacial score (nSPS) is 16.8. The summed E-state index contributed by atoms with van der Waals surface area (Å²) < 4.78 is 11.0. The van der Waals surface area contributed by atoms with Gasteiger partial charge in [-0.05, 0) is 111 Å². The van der Waals surface area contributed by atoms with Gasteiger partial charge in [0.15, 0.2) is 5.70 Å². The van der Waals surface area contributed by atoms with Crippen molar-refractivity contribution >= 4 is 29.5 Å². The summed E-state index contributed by atoms with van der Waals surface area (Å²) in [5.41, 5.74) is 4.94. The molecule has 0 saturated heterocycles. The number of carbonyl (C=O) groups excluding carboxylic acids is 4. The van der Waals surface area contributed by atoms with Crippen LogP contribution in [0.25, 0.3) is 11.1 Å². The lowest BCUT2D eigenvalue weighted by atomic mass is 9.58. The molecular formula is C55H76N4O6. The summed E-state index contributed by atoms with van der Waals surface area (Å²) in [5.74, 6) is -1.57. The van der Waals surface area contributed by atoms with Gasteiger partial charge in [0.2, 0.25) is 11.8 Å². The fraction of sp³-hybridized carbons (Fsp3) is 0.545. The van der Waals surface area contributed by atoms with Gasteiger partial charge in [-0.1, -0.05) is 126 Å². The van der Waals surface area contributed by atoms with E-state index in [-0.39, 0.29) is 35.9 Å². The van der Waals surface area contributed by atoms with E-state index in [0.29, 0.717) is 18.8 Å². The van der Waals surface area contributed by atoms with E-state index in [1.807, 2.05) is 76.2 Å². The van der Waals surface area contributed by atoms with E-state index in [1.165, 1.54) is 78.4 Å². The summed E-state index contributed by atoms with van der Waals surface area (Å²) >= 11 is 0. The molecule has 2 heterocycles. The van der Waals surface area contributed by atoms with E-state index in [1.54, 1.807) is 5.01 Å². The van der Waals surface area contributed by atoms with Gasteiger partial charge in [-0.2, -0.15) is 5.10 Å². The number of benzene rings is 2. The van der Waals surface area contributed by atoms with Crippen molar-refractivity contribution < 1.29 is 28.7 Å². The number of unbranched alkanes of at least 4 members (excludes halogenated alkanes) is 16. The van der Waals surface area contributed by atoms with Crippen molar-refractivity contribution in [3.63, 3.8) is 0 Å². The van der Waals surface area contributed by atoms with Gasteiger partial charge in [-0.3, -0.25) is 9.59 Å². The number of esters is 2. The molecule has 2 aromatic rings. The molecule has 1 aliphatic carbocycles. The van der Waals surface area contributed by atoms with Gasteiger partial charge in [0.1, 0.15) is 5.54 Å². The molecule has 65 heavy (non-hydrogen) atoms. The summed E-state index contributed by atoms with van der Waals surface area (Å²) in [7, 11) is 2.61. The molecule has 2 aliphatic heterocycles. The van der Waals surface area contributed by atoms with Gasteiger partial charge in [0, 0.05) is 13.1 Å². The number of rotatable bonds is 28. The number of hydrogen-bond donors (Lipinski definition) is 2. The summed E-state index contributed by atoms with van der Waals surface area (Å²) in [6.07, 6.45) is 25.1. The van der Waals surface area contributed by atoms with E-state index < -0.39 is 22.9 Å². The van der Waals surface area contributed by atoms with Crippen LogP contribution >= 0.6 is 0 Å². The minimum absolute atomic E-state index is 0.00136. The predicted octanol–water partition coefficient (Wildman–Crippen LogP) is 11.1. The highest BCUT2D eigenvalue weighted by Gasteiger charge is 2.70. The third kappa shape index (κ3) is 11.2. The van der Waals surface area contributed by atoms with Gasteiger partial charge < -0.3 is 20.1 Å². The Balaban J connectivity index is 1.42. The van der Waals surface area contributed by atoms with E-state index in [2.05, 4.69) is 23.8 Å². The number of nitrogens with zero attached hydrogens (tertiary/aromatic N) is 2. The molecule has 0 bridgehead atoms. The second-order valence-corrected chi connectivity index (χ2v) is 18.4. The van der Waals surface area contributed by atoms with Crippen molar-refractivity contribution in [1.29, 1.82) is 0 Å².